The van der Waals surface area contributed by atoms with Crippen LogP contribution < -0.4 is 126 Å². The molecule has 0 spiro atoms. The maximum Gasteiger partial charge on any atom is 1.00 e. The van der Waals surface area contributed by atoms with Crippen LogP contribution in [0.2, 0.25) is 0 Å². The van der Waals surface area contributed by atoms with Crippen molar-refractivity contribution in [3.05, 3.63) is 33.4 Å². The molecule has 2 fully saturated rings. The second-order valence-electron chi connectivity index (χ2n) is 10.2. The van der Waals surface area contributed by atoms with E-state index >= 15 is 0 Å². The largest absolute Gasteiger partial charge is 1.00 e. The van der Waals surface area contributed by atoms with E-state index in [9.17, 15) is 48.7 Å². The van der Waals surface area contributed by atoms with Crippen LogP contribution in [0.25, 0.3) is 22.3 Å². The molecule has 256 valence electrons. The van der Waals surface area contributed by atoms with E-state index in [1.165, 1.54) is 0 Å². The van der Waals surface area contributed by atoms with Crippen LogP contribution in [0.1, 0.15) is 12.5 Å². The van der Waals surface area contributed by atoms with Crippen molar-refractivity contribution in [1.29, 1.82) is 0 Å². The number of anilines is 2. The van der Waals surface area contributed by atoms with Crippen molar-refractivity contribution in [3.63, 3.8) is 0 Å². The molecule has 25 nitrogen and oxygen atoms in total. The number of aliphatic hydroxyl groups excluding tert-OH is 3. The molecular weight excluding hydrogens is 751 g/mol. The Balaban J connectivity index is 0.00000225. The van der Waals surface area contributed by atoms with Gasteiger partial charge in [0.15, 0.2) is 34.8 Å². The SMILES string of the molecule is Nc1nc2c(ncn2[C@@H]2O[C@H](COP(=O)([O-])O[C@H]3[C@@H](O)[C@H](n4cnc5c(=O)[nH]c(N)nc54)O[C@@H]3COP(=O)([O-])[O-])[C@@H](O)[C@H]2O)c(=O)[nH]1.[Na+].[Na+].[Na+]. The number of imidazole rings is 2. The number of aromatic amines is 2. The fraction of sp³-hybridized carbons (Fsp3) is 0.500. The predicted octanol–water partition coefficient (Wildman–Crippen LogP) is -15.0. The number of nitrogens with two attached hydrogens (primary N) is 2. The number of rotatable bonds is 10. The minimum atomic E-state index is -5.63. The molecule has 30 heteroatoms. The van der Waals surface area contributed by atoms with E-state index in [1.807, 2.05) is 0 Å². The Morgan fingerprint density at radius 3 is 1.74 bits per heavy atom. The normalized spacial score (nSPS) is 27.8. The van der Waals surface area contributed by atoms with E-state index in [0.29, 0.717) is 0 Å². The van der Waals surface area contributed by atoms with Crippen LogP contribution in [-0.4, -0.2) is 104 Å². The van der Waals surface area contributed by atoms with Crippen LogP contribution >= 0.6 is 15.6 Å². The number of nitrogens with one attached hydrogen (secondary N) is 2. The summed E-state index contributed by atoms with van der Waals surface area (Å²) in [6.45, 7) is -2.09. The number of phosphoric acid groups is 2. The van der Waals surface area contributed by atoms with Crippen LogP contribution in [0.3, 0.4) is 0 Å². The van der Waals surface area contributed by atoms with E-state index in [1.54, 1.807) is 0 Å². The second-order valence-corrected chi connectivity index (χ2v) is 12.7. The number of aliphatic hydroxyl groups is 3. The van der Waals surface area contributed by atoms with Gasteiger partial charge in [-0.25, -0.2) is 9.97 Å². The first-order chi connectivity index (χ1) is 22.0. The zero-order chi connectivity index (χ0) is 34.0. The zero-order valence-electron chi connectivity index (χ0n) is 26.2. The van der Waals surface area contributed by atoms with E-state index in [4.69, 9.17) is 30.0 Å². The summed E-state index contributed by atoms with van der Waals surface area (Å²) in [5, 5.41) is 32.2. The summed E-state index contributed by atoms with van der Waals surface area (Å²) in [5.74, 6) is -0.631. The van der Waals surface area contributed by atoms with Crippen LogP contribution in [0.4, 0.5) is 11.9 Å². The number of nitrogens with zero attached hydrogens (tertiary/aromatic N) is 6. The molecule has 0 aliphatic carbocycles. The topological polar surface area (TPSA) is 389 Å². The van der Waals surface area contributed by atoms with E-state index in [-0.39, 0.29) is 123 Å². The molecule has 2 saturated heterocycles. The Labute approximate surface area is 343 Å². The summed E-state index contributed by atoms with van der Waals surface area (Å²) in [6.07, 6.45) is -11.8. The smallest absolute Gasteiger partial charge is 0.790 e. The average molecular weight is 774 g/mol. The first kappa shape index (κ1) is 43.7. The first-order valence-corrected chi connectivity index (χ1v) is 16.1. The summed E-state index contributed by atoms with van der Waals surface area (Å²) in [6, 6.07) is 0. The molecule has 0 bridgehead atoms. The molecule has 50 heavy (non-hydrogen) atoms. The van der Waals surface area contributed by atoms with E-state index < -0.39 is 89.1 Å². The molecule has 0 radical (unpaired) electrons. The molecule has 4 aromatic rings. The molecule has 9 atom stereocenters. The molecule has 9 N–H and O–H groups in total. The van der Waals surface area contributed by atoms with E-state index in [2.05, 4.69) is 34.4 Å². The van der Waals surface area contributed by atoms with Gasteiger partial charge < -0.3 is 69.1 Å². The molecule has 0 amide bonds. The molecule has 0 saturated carbocycles. The molecule has 4 aromatic heterocycles. The van der Waals surface area contributed by atoms with Gasteiger partial charge in [-0.05, 0) is 0 Å². The quantitative estimate of drug-likeness (QED) is 0.0581. The van der Waals surface area contributed by atoms with Crippen molar-refractivity contribution in [2.45, 2.75) is 49.1 Å². The number of aromatic nitrogens is 8. The maximum atomic E-state index is 12.9. The minimum Gasteiger partial charge on any atom is -0.790 e. The average Bonchev–Trinajstić information content (AvgIpc) is 3.72. The number of fused-ring (bicyclic) bond motifs is 2. The molecule has 6 heterocycles. The van der Waals surface area contributed by atoms with Crippen molar-refractivity contribution in [2.24, 2.45) is 0 Å². The van der Waals surface area contributed by atoms with Crippen molar-refractivity contribution in [3.8, 4) is 0 Å². The Bertz CT molecular complexity index is 2040. The monoisotopic (exact) mass is 774 g/mol. The molecule has 0 aromatic carbocycles. The van der Waals surface area contributed by atoms with Gasteiger partial charge in [0.25, 0.3) is 18.9 Å². The summed E-state index contributed by atoms with van der Waals surface area (Å²) in [5.41, 5.74) is 8.93. The van der Waals surface area contributed by atoms with Gasteiger partial charge in [0, 0.05) is 0 Å². The van der Waals surface area contributed by atoms with Gasteiger partial charge in [0.2, 0.25) is 11.9 Å². The third kappa shape index (κ3) is 8.98. The molecule has 2 aliphatic heterocycles. The van der Waals surface area contributed by atoms with Crippen LogP contribution in [0, 0.1) is 0 Å². The fourth-order valence-corrected chi connectivity index (χ4v) is 6.36. The maximum absolute atomic E-state index is 12.9. The minimum absolute atomic E-state index is 0. The standard InChI is InChI=1S/C20H26N10O15P2.3Na/c21-19-25-13-7(15(34)27-19)23-3-29(13)17-10(32)9(31)5(43-17)1-42-47(39,40)45-12-6(2-41-46(36,37)38)44-18(11(12)33)30-4-24-8-14(30)26-20(22)28-16(8)35;;;/h3-6,9-12,17-18,31-33H,1-2H2,(H,39,40)(H2,36,37,38)(H3,21,25,27,34)(H3,22,26,28,35);;;/q;3*+1/p-3/t5-,6-,9-,10-,11-,12-,17-,18-;;;/m1.../s1. The number of phosphoric ester groups is 2. The van der Waals surface area contributed by atoms with Crippen LogP contribution in [-0.2, 0) is 32.2 Å². The predicted molar refractivity (Wildman–Crippen MR) is 143 cm³/mol. The van der Waals surface area contributed by atoms with Crippen molar-refractivity contribution in [2.75, 3.05) is 24.7 Å². The summed E-state index contributed by atoms with van der Waals surface area (Å²) in [7, 11) is -11.2. The zero-order valence-corrected chi connectivity index (χ0v) is 33.9. The van der Waals surface area contributed by atoms with Crippen molar-refractivity contribution >= 4 is 49.9 Å². The second kappa shape index (κ2) is 16.8. The Kier molecular flexibility index (Phi) is 14.7. The van der Waals surface area contributed by atoms with Crippen molar-refractivity contribution in [1.82, 2.24) is 39.0 Å². The number of hydrogen-bond acceptors (Lipinski definition) is 21. The van der Waals surface area contributed by atoms with Gasteiger partial charge in [-0.15, -0.1) is 0 Å². The molecule has 1 unspecified atom stereocenters. The fourth-order valence-electron chi connectivity index (χ4n) is 5.08. The first-order valence-electron chi connectivity index (χ1n) is 13.1. The molecular formula is C20H23N10Na3O15P2. The Morgan fingerprint density at radius 1 is 0.780 bits per heavy atom. The summed E-state index contributed by atoms with van der Waals surface area (Å²) in [4.78, 5) is 79.4. The Hall–Kier alpha value is -0.680. The van der Waals surface area contributed by atoms with Gasteiger partial charge in [-0.1, -0.05) is 0 Å². The number of hydrogen-bond donors (Lipinski definition) is 7. The third-order valence-electron chi connectivity index (χ3n) is 7.14. The van der Waals surface area contributed by atoms with Gasteiger partial charge in [-0.3, -0.25) is 33.3 Å². The number of H-pyrrole nitrogens is 2. The summed E-state index contributed by atoms with van der Waals surface area (Å²) >= 11 is 0. The molecule has 2 aliphatic rings. The van der Waals surface area contributed by atoms with Gasteiger partial charge >= 0.3 is 88.7 Å². The number of nitrogen functional groups attached to an aromatic ring is 2. The Morgan fingerprint density at radius 2 is 1.24 bits per heavy atom. The summed E-state index contributed by atoms with van der Waals surface area (Å²) < 4.78 is 51.3. The third-order valence-corrected chi connectivity index (χ3v) is 8.57. The van der Waals surface area contributed by atoms with Gasteiger partial charge in [0.05, 0.1) is 33.7 Å². The molecule has 6 rings (SSSR count). The van der Waals surface area contributed by atoms with E-state index in [0.717, 1.165) is 21.8 Å². The number of ether oxygens (including phenoxy) is 2. The van der Waals surface area contributed by atoms with Crippen molar-refractivity contribution < 1.29 is 151 Å². The van der Waals surface area contributed by atoms with Gasteiger partial charge in [-0.2, -0.15) is 9.97 Å². The van der Waals surface area contributed by atoms with Crippen LogP contribution in [0.15, 0.2) is 22.2 Å². The van der Waals surface area contributed by atoms with Crippen LogP contribution in [0.5, 0.6) is 0 Å². The van der Waals surface area contributed by atoms with Gasteiger partial charge in [0.1, 0.15) is 36.6 Å².